The van der Waals surface area contributed by atoms with Crippen molar-refractivity contribution in [3.05, 3.63) is 0 Å². The molecule has 2 atom stereocenters. The van der Waals surface area contributed by atoms with E-state index in [0.29, 0.717) is 5.41 Å². The molecule has 0 saturated heterocycles. The van der Waals surface area contributed by atoms with Gasteiger partial charge in [-0.25, -0.2) is 0 Å². The van der Waals surface area contributed by atoms with E-state index in [1.807, 2.05) is 0 Å². The molecule has 0 bridgehead atoms. The molecule has 0 spiro atoms. The third-order valence-electron chi connectivity index (χ3n) is 3.76. The summed E-state index contributed by atoms with van der Waals surface area (Å²) >= 11 is 0. The maximum absolute atomic E-state index is 2.43. The molecule has 0 aromatic carbocycles. The molecule has 86 valence electrons. The van der Waals surface area contributed by atoms with Gasteiger partial charge in [-0.3, -0.25) is 0 Å². The minimum Gasteiger partial charge on any atom is -0.0654 e. The Morgan fingerprint density at radius 2 is 1.50 bits per heavy atom. The Balaban J connectivity index is 4.25. The summed E-state index contributed by atoms with van der Waals surface area (Å²) in [5.41, 5.74) is 0.503. The van der Waals surface area contributed by atoms with Crippen LogP contribution in [0.4, 0.5) is 0 Å². The Kier molecular flexibility index (Phi) is 5.78. The van der Waals surface area contributed by atoms with Crippen molar-refractivity contribution in [2.75, 3.05) is 0 Å². The second-order valence-electron chi connectivity index (χ2n) is 6.14. The first-order valence-electron chi connectivity index (χ1n) is 6.31. The molecule has 0 radical (unpaired) electrons. The Morgan fingerprint density at radius 1 is 1.00 bits per heavy atom. The molecule has 0 amide bonds. The zero-order valence-electron chi connectivity index (χ0n) is 11.4. The van der Waals surface area contributed by atoms with E-state index >= 15 is 0 Å². The van der Waals surface area contributed by atoms with Crippen molar-refractivity contribution < 1.29 is 0 Å². The van der Waals surface area contributed by atoms with Crippen molar-refractivity contribution in [2.24, 2.45) is 23.2 Å². The highest BCUT2D eigenvalue weighted by Gasteiger charge is 2.29. The second-order valence-corrected chi connectivity index (χ2v) is 6.14. The lowest BCUT2D eigenvalue weighted by Crippen LogP contribution is -2.28. The highest BCUT2D eigenvalue weighted by Crippen LogP contribution is 2.39. The fraction of sp³-hybridized carbons (Fsp3) is 1.00. The molecule has 0 aromatic rings. The average Bonchev–Trinajstić information content (AvgIpc) is 2.01. The van der Waals surface area contributed by atoms with Crippen LogP contribution in [0.25, 0.3) is 0 Å². The van der Waals surface area contributed by atoms with E-state index in [0.717, 1.165) is 17.8 Å². The maximum atomic E-state index is 2.43. The van der Waals surface area contributed by atoms with E-state index in [4.69, 9.17) is 0 Å². The summed E-state index contributed by atoms with van der Waals surface area (Å²) in [5, 5.41) is 0. The molecular formula is C14H30. The zero-order chi connectivity index (χ0) is 11.4. The van der Waals surface area contributed by atoms with Crippen LogP contribution < -0.4 is 0 Å². The van der Waals surface area contributed by atoms with Crippen molar-refractivity contribution in [3.8, 4) is 0 Å². The van der Waals surface area contributed by atoms with Gasteiger partial charge in [-0.05, 0) is 29.6 Å². The molecule has 0 heterocycles. The summed E-state index contributed by atoms with van der Waals surface area (Å²) < 4.78 is 0. The van der Waals surface area contributed by atoms with E-state index in [1.165, 1.54) is 19.3 Å². The standard InChI is InChI=1S/C14H30/c1-8-9-12(4)13(5)14(6,7)10-11(2)3/h11-13H,8-10H2,1-7H3. The largest absolute Gasteiger partial charge is 0.0654 e. The van der Waals surface area contributed by atoms with Gasteiger partial charge in [0.15, 0.2) is 0 Å². The van der Waals surface area contributed by atoms with Gasteiger partial charge in [-0.1, -0.05) is 61.3 Å². The number of hydrogen-bond acceptors (Lipinski definition) is 0. The van der Waals surface area contributed by atoms with Crippen LogP contribution in [0, 0.1) is 23.2 Å². The monoisotopic (exact) mass is 198 g/mol. The van der Waals surface area contributed by atoms with Crippen LogP contribution in [-0.2, 0) is 0 Å². The van der Waals surface area contributed by atoms with E-state index in [9.17, 15) is 0 Å². The van der Waals surface area contributed by atoms with E-state index in [1.54, 1.807) is 0 Å². The molecule has 0 aromatic heterocycles. The SMILES string of the molecule is CCCC(C)C(C)C(C)(C)CC(C)C. The highest BCUT2D eigenvalue weighted by atomic mass is 14.3. The summed E-state index contributed by atoms with van der Waals surface area (Å²) in [5.74, 6) is 2.53. The number of hydrogen-bond donors (Lipinski definition) is 0. The smallest absolute Gasteiger partial charge is 0.0324 e. The predicted molar refractivity (Wildman–Crippen MR) is 66.5 cm³/mol. The normalized spacial score (nSPS) is 17.1. The lowest BCUT2D eigenvalue weighted by atomic mass is 9.68. The fourth-order valence-electron chi connectivity index (χ4n) is 2.71. The number of rotatable bonds is 6. The predicted octanol–water partition coefficient (Wildman–Crippen LogP) is 5.13. The Bertz CT molecular complexity index is 144. The van der Waals surface area contributed by atoms with Gasteiger partial charge in [-0.2, -0.15) is 0 Å². The lowest BCUT2D eigenvalue weighted by molar-refractivity contribution is 0.128. The van der Waals surface area contributed by atoms with Gasteiger partial charge in [0.1, 0.15) is 0 Å². The summed E-state index contributed by atoms with van der Waals surface area (Å²) in [6, 6.07) is 0. The summed E-state index contributed by atoms with van der Waals surface area (Å²) in [7, 11) is 0. The van der Waals surface area contributed by atoms with Gasteiger partial charge in [0, 0.05) is 0 Å². The molecule has 0 aliphatic carbocycles. The zero-order valence-corrected chi connectivity index (χ0v) is 11.4. The Labute approximate surface area is 91.5 Å². The van der Waals surface area contributed by atoms with E-state index < -0.39 is 0 Å². The third-order valence-corrected chi connectivity index (χ3v) is 3.76. The van der Waals surface area contributed by atoms with Gasteiger partial charge in [0.25, 0.3) is 0 Å². The molecule has 0 heteroatoms. The van der Waals surface area contributed by atoms with Crippen LogP contribution in [0.3, 0.4) is 0 Å². The molecule has 0 nitrogen and oxygen atoms in total. The highest BCUT2D eigenvalue weighted by molar-refractivity contribution is 4.79. The summed E-state index contributed by atoms with van der Waals surface area (Å²) in [4.78, 5) is 0. The topological polar surface area (TPSA) is 0 Å². The minimum absolute atomic E-state index is 0.503. The van der Waals surface area contributed by atoms with Crippen molar-refractivity contribution in [3.63, 3.8) is 0 Å². The van der Waals surface area contributed by atoms with Crippen molar-refractivity contribution >= 4 is 0 Å². The molecule has 14 heavy (non-hydrogen) atoms. The lowest BCUT2D eigenvalue weighted by Gasteiger charge is -2.37. The van der Waals surface area contributed by atoms with Crippen LogP contribution in [0.1, 0.15) is 67.7 Å². The first kappa shape index (κ1) is 14.0. The Morgan fingerprint density at radius 3 is 1.86 bits per heavy atom. The van der Waals surface area contributed by atoms with Crippen molar-refractivity contribution in [1.29, 1.82) is 0 Å². The second kappa shape index (κ2) is 5.78. The van der Waals surface area contributed by atoms with Crippen molar-refractivity contribution in [2.45, 2.75) is 67.7 Å². The van der Waals surface area contributed by atoms with Gasteiger partial charge >= 0.3 is 0 Å². The van der Waals surface area contributed by atoms with Crippen LogP contribution in [0.15, 0.2) is 0 Å². The van der Waals surface area contributed by atoms with Gasteiger partial charge in [-0.15, -0.1) is 0 Å². The van der Waals surface area contributed by atoms with Crippen LogP contribution in [-0.4, -0.2) is 0 Å². The van der Waals surface area contributed by atoms with E-state index in [-0.39, 0.29) is 0 Å². The maximum Gasteiger partial charge on any atom is -0.0324 e. The van der Waals surface area contributed by atoms with Crippen molar-refractivity contribution in [1.82, 2.24) is 0 Å². The fourth-order valence-corrected chi connectivity index (χ4v) is 2.71. The Hall–Kier alpha value is 0. The minimum atomic E-state index is 0.503. The first-order valence-corrected chi connectivity index (χ1v) is 6.31. The molecular weight excluding hydrogens is 168 g/mol. The van der Waals surface area contributed by atoms with Gasteiger partial charge in [0.2, 0.25) is 0 Å². The van der Waals surface area contributed by atoms with Crippen LogP contribution in [0.5, 0.6) is 0 Å². The molecule has 2 unspecified atom stereocenters. The third kappa shape index (κ3) is 4.48. The molecule has 0 aliphatic heterocycles. The quantitative estimate of drug-likeness (QED) is 0.555. The van der Waals surface area contributed by atoms with Crippen LogP contribution in [0.2, 0.25) is 0 Å². The van der Waals surface area contributed by atoms with Gasteiger partial charge < -0.3 is 0 Å². The summed E-state index contributed by atoms with van der Waals surface area (Å²) in [6.07, 6.45) is 4.05. The molecule has 0 fully saturated rings. The van der Waals surface area contributed by atoms with E-state index in [2.05, 4.69) is 48.5 Å². The van der Waals surface area contributed by atoms with Crippen LogP contribution >= 0.6 is 0 Å². The molecule has 0 rings (SSSR count). The first-order chi connectivity index (χ1) is 6.31. The molecule has 0 N–H and O–H groups in total. The summed E-state index contributed by atoms with van der Waals surface area (Å²) in [6.45, 7) is 16.7. The van der Waals surface area contributed by atoms with Gasteiger partial charge in [0.05, 0.1) is 0 Å². The molecule has 0 aliphatic rings. The molecule has 0 saturated carbocycles. The average molecular weight is 198 g/mol.